The van der Waals surface area contributed by atoms with Crippen LogP contribution in [-0.2, 0) is 9.53 Å². The van der Waals surface area contributed by atoms with E-state index in [9.17, 15) is 9.90 Å². The summed E-state index contributed by atoms with van der Waals surface area (Å²) in [6.07, 6.45) is 0.402. The lowest BCUT2D eigenvalue weighted by Gasteiger charge is -2.09. The molecule has 90 valence electrons. The van der Waals surface area contributed by atoms with Gasteiger partial charge in [0.2, 0.25) is 0 Å². The monoisotopic (exact) mass is 234 g/mol. The van der Waals surface area contributed by atoms with Gasteiger partial charge in [-0.05, 0) is 37.1 Å². The summed E-state index contributed by atoms with van der Waals surface area (Å²) in [6.45, 7) is 3.86. The average molecular weight is 234 g/mol. The van der Waals surface area contributed by atoms with Crippen molar-refractivity contribution in [3.05, 3.63) is 35.6 Å². The normalized spacial score (nSPS) is 12.6. The fourth-order valence-corrected chi connectivity index (χ4v) is 1.70. The number of fused-ring (bicyclic) bond motifs is 1. The van der Waals surface area contributed by atoms with Gasteiger partial charge in [0.05, 0.1) is 12.9 Å². The van der Waals surface area contributed by atoms with Crippen molar-refractivity contribution in [1.82, 2.24) is 0 Å². The standard InChI is InChI=1S/C13H14O4/c1-3-16-13(15)12(14)9-4-5-11-10(6-9)8(2)7-17-11/h4-7,12,14H,3H2,1-2H3. The van der Waals surface area contributed by atoms with E-state index in [0.717, 1.165) is 16.5 Å². The fourth-order valence-electron chi connectivity index (χ4n) is 1.70. The van der Waals surface area contributed by atoms with E-state index >= 15 is 0 Å². The Kier molecular flexibility index (Phi) is 3.15. The Morgan fingerprint density at radius 2 is 2.29 bits per heavy atom. The number of furan rings is 1. The van der Waals surface area contributed by atoms with Gasteiger partial charge in [-0.25, -0.2) is 4.79 Å². The van der Waals surface area contributed by atoms with Gasteiger partial charge >= 0.3 is 5.97 Å². The van der Waals surface area contributed by atoms with Gasteiger partial charge in [-0.15, -0.1) is 0 Å². The lowest BCUT2D eigenvalue weighted by molar-refractivity contribution is -0.153. The molecule has 1 aromatic carbocycles. The predicted molar refractivity (Wildman–Crippen MR) is 62.5 cm³/mol. The molecule has 0 aliphatic heterocycles. The van der Waals surface area contributed by atoms with E-state index in [1.54, 1.807) is 31.4 Å². The molecule has 0 spiro atoms. The van der Waals surface area contributed by atoms with Crippen molar-refractivity contribution in [3.8, 4) is 0 Å². The molecule has 0 radical (unpaired) electrons. The van der Waals surface area contributed by atoms with Crippen LogP contribution in [0.3, 0.4) is 0 Å². The van der Waals surface area contributed by atoms with Crippen LogP contribution in [0.2, 0.25) is 0 Å². The second-order valence-electron chi connectivity index (χ2n) is 3.83. The van der Waals surface area contributed by atoms with Crippen LogP contribution < -0.4 is 0 Å². The first-order chi connectivity index (χ1) is 8.13. The van der Waals surface area contributed by atoms with Gasteiger partial charge in [0.25, 0.3) is 0 Å². The fraction of sp³-hybridized carbons (Fsp3) is 0.308. The SMILES string of the molecule is CCOC(=O)C(O)c1ccc2occ(C)c2c1. The summed E-state index contributed by atoms with van der Waals surface area (Å²) < 4.78 is 10.1. The first-order valence-corrected chi connectivity index (χ1v) is 5.46. The molecular formula is C13H14O4. The maximum Gasteiger partial charge on any atom is 0.339 e. The van der Waals surface area contributed by atoms with E-state index in [1.807, 2.05) is 6.92 Å². The number of hydrogen-bond donors (Lipinski definition) is 1. The Bertz CT molecular complexity index is 541. The highest BCUT2D eigenvalue weighted by Gasteiger charge is 2.19. The molecule has 4 nitrogen and oxygen atoms in total. The summed E-state index contributed by atoms with van der Waals surface area (Å²) in [5.74, 6) is -0.631. The summed E-state index contributed by atoms with van der Waals surface area (Å²) in [7, 11) is 0. The van der Waals surface area contributed by atoms with Crippen molar-refractivity contribution in [1.29, 1.82) is 0 Å². The minimum absolute atomic E-state index is 0.253. The summed E-state index contributed by atoms with van der Waals surface area (Å²) in [6, 6.07) is 5.14. The molecule has 0 fully saturated rings. The van der Waals surface area contributed by atoms with E-state index in [0.29, 0.717) is 5.56 Å². The van der Waals surface area contributed by atoms with Crippen molar-refractivity contribution < 1.29 is 19.1 Å². The number of esters is 1. The number of hydrogen-bond acceptors (Lipinski definition) is 4. The smallest absolute Gasteiger partial charge is 0.339 e. The van der Waals surface area contributed by atoms with Crippen LogP contribution in [0.25, 0.3) is 11.0 Å². The third-order valence-electron chi connectivity index (χ3n) is 2.62. The first kappa shape index (κ1) is 11.7. The molecule has 0 saturated heterocycles. The Balaban J connectivity index is 2.35. The highest BCUT2D eigenvalue weighted by molar-refractivity contribution is 5.84. The number of benzene rings is 1. The van der Waals surface area contributed by atoms with Crippen LogP contribution >= 0.6 is 0 Å². The summed E-state index contributed by atoms with van der Waals surface area (Å²) >= 11 is 0. The number of aryl methyl sites for hydroxylation is 1. The molecule has 0 aliphatic rings. The molecule has 1 atom stereocenters. The molecule has 0 amide bonds. The quantitative estimate of drug-likeness (QED) is 0.828. The molecule has 0 saturated carbocycles. The van der Waals surface area contributed by atoms with Gasteiger partial charge in [-0.3, -0.25) is 0 Å². The van der Waals surface area contributed by atoms with Gasteiger partial charge in [-0.1, -0.05) is 6.07 Å². The number of rotatable bonds is 3. The van der Waals surface area contributed by atoms with Crippen molar-refractivity contribution >= 4 is 16.9 Å². The first-order valence-electron chi connectivity index (χ1n) is 5.46. The molecule has 1 N–H and O–H groups in total. The van der Waals surface area contributed by atoms with Crippen LogP contribution in [-0.4, -0.2) is 17.7 Å². The summed E-state index contributed by atoms with van der Waals surface area (Å²) in [5.41, 5.74) is 2.22. The Labute approximate surface area is 98.8 Å². The Morgan fingerprint density at radius 1 is 1.53 bits per heavy atom. The second kappa shape index (κ2) is 4.59. The Morgan fingerprint density at radius 3 is 3.00 bits per heavy atom. The van der Waals surface area contributed by atoms with Gasteiger partial charge in [-0.2, -0.15) is 0 Å². The zero-order valence-corrected chi connectivity index (χ0v) is 9.77. The number of aliphatic hydroxyl groups is 1. The summed E-state index contributed by atoms with van der Waals surface area (Å²) in [5, 5.41) is 10.7. The number of aliphatic hydroxyl groups excluding tert-OH is 1. The number of carbonyl (C=O) groups is 1. The average Bonchev–Trinajstić information content (AvgIpc) is 2.70. The van der Waals surface area contributed by atoms with Gasteiger partial charge in [0, 0.05) is 5.39 Å². The van der Waals surface area contributed by atoms with Gasteiger partial charge in [0.15, 0.2) is 6.10 Å². The highest BCUT2D eigenvalue weighted by atomic mass is 16.5. The van der Waals surface area contributed by atoms with Crippen LogP contribution in [0, 0.1) is 6.92 Å². The molecule has 0 aliphatic carbocycles. The van der Waals surface area contributed by atoms with Crippen LogP contribution in [0.1, 0.15) is 24.2 Å². The molecule has 17 heavy (non-hydrogen) atoms. The van der Waals surface area contributed by atoms with E-state index < -0.39 is 12.1 Å². The molecular weight excluding hydrogens is 220 g/mol. The third-order valence-corrected chi connectivity index (χ3v) is 2.62. The van der Waals surface area contributed by atoms with E-state index in [2.05, 4.69) is 0 Å². The molecule has 1 heterocycles. The third kappa shape index (κ3) is 2.17. The topological polar surface area (TPSA) is 59.7 Å². The largest absolute Gasteiger partial charge is 0.464 e. The Hall–Kier alpha value is -1.81. The van der Waals surface area contributed by atoms with Crippen LogP contribution in [0.15, 0.2) is 28.9 Å². The minimum Gasteiger partial charge on any atom is -0.464 e. The van der Waals surface area contributed by atoms with Crippen molar-refractivity contribution in [2.75, 3.05) is 6.61 Å². The van der Waals surface area contributed by atoms with Crippen molar-refractivity contribution in [2.45, 2.75) is 20.0 Å². The molecule has 1 aromatic heterocycles. The van der Waals surface area contributed by atoms with Crippen LogP contribution in [0.5, 0.6) is 0 Å². The van der Waals surface area contributed by atoms with Crippen LogP contribution in [0.4, 0.5) is 0 Å². The van der Waals surface area contributed by atoms with Gasteiger partial charge in [0.1, 0.15) is 5.58 Å². The van der Waals surface area contributed by atoms with Gasteiger partial charge < -0.3 is 14.3 Å². The zero-order valence-electron chi connectivity index (χ0n) is 9.77. The lowest BCUT2D eigenvalue weighted by Crippen LogP contribution is -2.15. The van der Waals surface area contributed by atoms with E-state index in [4.69, 9.17) is 9.15 Å². The molecule has 4 heteroatoms. The molecule has 1 unspecified atom stereocenters. The predicted octanol–water partition coefficient (Wildman–Crippen LogP) is 2.34. The van der Waals surface area contributed by atoms with Crippen molar-refractivity contribution in [2.24, 2.45) is 0 Å². The number of ether oxygens (including phenoxy) is 1. The van der Waals surface area contributed by atoms with E-state index in [1.165, 1.54) is 0 Å². The second-order valence-corrected chi connectivity index (χ2v) is 3.83. The summed E-state index contributed by atoms with van der Waals surface area (Å²) in [4.78, 5) is 11.4. The zero-order chi connectivity index (χ0) is 12.4. The maximum absolute atomic E-state index is 11.4. The molecule has 2 rings (SSSR count). The number of carbonyl (C=O) groups excluding carboxylic acids is 1. The highest BCUT2D eigenvalue weighted by Crippen LogP contribution is 2.25. The minimum atomic E-state index is -1.24. The van der Waals surface area contributed by atoms with Crippen molar-refractivity contribution in [3.63, 3.8) is 0 Å². The van der Waals surface area contributed by atoms with E-state index in [-0.39, 0.29) is 6.61 Å². The molecule has 2 aromatic rings. The molecule has 0 bridgehead atoms. The lowest BCUT2D eigenvalue weighted by atomic mass is 10.1. The maximum atomic E-state index is 11.4.